The number of likely N-dealkylation sites (N-methyl/N-ethyl adjacent to an activating group) is 1. The van der Waals surface area contributed by atoms with Gasteiger partial charge in [-0.15, -0.1) is 0 Å². The maximum Gasteiger partial charge on any atom is 0.418 e. The number of aromatic amines is 1. The monoisotopic (exact) mass is 754 g/mol. The first kappa shape index (κ1) is 37.2. The summed E-state index contributed by atoms with van der Waals surface area (Å²) in [4.78, 5) is 57.2. The number of piperidine rings is 2. The molecule has 2 aromatic carbocycles. The zero-order valence-corrected chi connectivity index (χ0v) is 30.8. The van der Waals surface area contributed by atoms with Crippen LogP contribution in [0.25, 0.3) is 21.9 Å². The summed E-state index contributed by atoms with van der Waals surface area (Å²) in [6.45, 7) is 5.78. The summed E-state index contributed by atoms with van der Waals surface area (Å²) in [5, 5.41) is 3.31. The van der Waals surface area contributed by atoms with Crippen LogP contribution in [0.1, 0.15) is 49.3 Å². The van der Waals surface area contributed by atoms with Gasteiger partial charge in [-0.1, -0.05) is 29.8 Å². The van der Waals surface area contributed by atoms with E-state index in [0.717, 1.165) is 61.5 Å². The van der Waals surface area contributed by atoms with Gasteiger partial charge in [0.25, 0.3) is 0 Å². The standard InChI is InChI=1S/C38H46ClF3N8O3/c1-43-35-29(38(40,41)42)20-24(21-30(35)39)19-25(36(52)49-13-7-26(8-14-49)47-17-15-46(2)16-18-47)22-33(51)48-11-9-27(10-12-48)50-32-23-44-31-6-4-3-5-28(31)34(32)45-37(50)53/h3-6,20-21,23,25-27,43H,7-19,22H2,1-2H3,(H,45,53)/t25-/m0/s1. The number of amides is 2. The van der Waals surface area contributed by atoms with E-state index in [9.17, 15) is 27.6 Å². The molecule has 3 aliphatic rings. The fourth-order valence-electron chi connectivity index (χ4n) is 8.48. The van der Waals surface area contributed by atoms with Gasteiger partial charge in [0, 0.05) is 83.3 Å². The molecule has 0 saturated carbocycles. The van der Waals surface area contributed by atoms with Gasteiger partial charge < -0.3 is 25.0 Å². The number of nitrogens with one attached hydrogen (secondary N) is 2. The number of H-pyrrole nitrogens is 1. The fourth-order valence-corrected chi connectivity index (χ4v) is 8.82. The van der Waals surface area contributed by atoms with Crippen molar-refractivity contribution in [3.05, 3.63) is 69.2 Å². The van der Waals surface area contributed by atoms with Crippen LogP contribution in [0.4, 0.5) is 18.9 Å². The molecule has 2 amide bonds. The molecular formula is C38H46ClF3N8O3. The summed E-state index contributed by atoms with van der Waals surface area (Å²) in [6.07, 6.45) is -0.489. The van der Waals surface area contributed by atoms with Crippen LogP contribution in [0.5, 0.6) is 0 Å². The van der Waals surface area contributed by atoms with Crippen molar-refractivity contribution in [2.75, 3.05) is 71.8 Å². The van der Waals surface area contributed by atoms with E-state index >= 15 is 0 Å². The Bertz CT molecular complexity index is 2030. The molecule has 11 nitrogen and oxygen atoms in total. The van der Waals surface area contributed by atoms with Crippen LogP contribution in [0.2, 0.25) is 5.02 Å². The molecule has 2 N–H and O–H groups in total. The van der Waals surface area contributed by atoms with Crippen molar-refractivity contribution in [1.29, 1.82) is 0 Å². The van der Waals surface area contributed by atoms with Gasteiger partial charge in [0.2, 0.25) is 11.8 Å². The van der Waals surface area contributed by atoms with Crippen molar-refractivity contribution in [3.63, 3.8) is 0 Å². The number of imidazole rings is 1. The molecule has 5 heterocycles. The first-order chi connectivity index (χ1) is 25.4. The molecule has 3 fully saturated rings. The highest BCUT2D eigenvalue weighted by atomic mass is 35.5. The number of nitrogens with zero attached hydrogens (tertiary/aromatic N) is 6. The number of aromatic nitrogens is 3. The lowest BCUT2D eigenvalue weighted by atomic mass is 9.91. The molecule has 3 saturated heterocycles. The van der Waals surface area contributed by atoms with Crippen molar-refractivity contribution < 1.29 is 22.8 Å². The topological polar surface area (TPSA) is 110 Å². The molecule has 7 rings (SSSR count). The highest BCUT2D eigenvalue weighted by Gasteiger charge is 2.37. The van der Waals surface area contributed by atoms with Crippen molar-refractivity contribution >= 4 is 51.0 Å². The first-order valence-corrected chi connectivity index (χ1v) is 18.8. The molecular weight excluding hydrogens is 709 g/mol. The summed E-state index contributed by atoms with van der Waals surface area (Å²) in [7, 11) is 3.49. The minimum absolute atomic E-state index is 0.0576. The number of para-hydroxylation sites is 1. The molecule has 53 heavy (non-hydrogen) atoms. The third kappa shape index (κ3) is 7.76. The molecule has 1 atom stereocenters. The van der Waals surface area contributed by atoms with Crippen LogP contribution in [-0.4, -0.2) is 118 Å². The van der Waals surface area contributed by atoms with Gasteiger partial charge in [-0.2, -0.15) is 13.2 Å². The van der Waals surface area contributed by atoms with Crippen LogP contribution in [0.3, 0.4) is 0 Å². The third-order valence-electron chi connectivity index (χ3n) is 11.4. The second-order valence-electron chi connectivity index (χ2n) is 14.7. The minimum atomic E-state index is -4.67. The van der Waals surface area contributed by atoms with Gasteiger partial charge in [-0.3, -0.25) is 24.0 Å². The first-order valence-electron chi connectivity index (χ1n) is 18.5. The van der Waals surface area contributed by atoms with Gasteiger partial charge in [-0.05, 0) is 62.9 Å². The Kier molecular flexibility index (Phi) is 10.7. The molecule has 4 aromatic rings. The lowest BCUT2D eigenvalue weighted by molar-refractivity contribution is -0.143. The van der Waals surface area contributed by atoms with E-state index in [-0.39, 0.29) is 52.7 Å². The van der Waals surface area contributed by atoms with E-state index in [1.165, 1.54) is 13.1 Å². The maximum atomic E-state index is 14.2. The summed E-state index contributed by atoms with van der Waals surface area (Å²) in [5.74, 6) is -1.33. The quantitative estimate of drug-likeness (QED) is 0.253. The Morgan fingerprint density at radius 2 is 1.62 bits per heavy atom. The number of hydrogen-bond donors (Lipinski definition) is 2. The second-order valence-corrected chi connectivity index (χ2v) is 15.1. The van der Waals surface area contributed by atoms with Crippen molar-refractivity contribution in [2.45, 2.75) is 56.8 Å². The van der Waals surface area contributed by atoms with Crippen molar-refractivity contribution in [1.82, 2.24) is 34.1 Å². The zero-order valence-electron chi connectivity index (χ0n) is 30.1. The maximum absolute atomic E-state index is 14.2. The van der Waals surface area contributed by atoms with Crippen LogP contribution >= 0.6 is 11.6 Å². The number of alkyl halides is 3. The fraction of sp³-hybridized carbons (Fsp3) is 0.526. The van der Waals surface area contributed by atoms with Gasteiger partial charge >= 0.3 is 11.9 Å². The molecule has 0 unspecified atom stereocenters. The zero-order chi connectivity index (χ0) is 37.4. The van der Waals surface area contributed by atoms with Crippen LogP contribution in [0, 0.1) is 5.92 Å². The van der Waals surface area contributed by atoms with Crippen molar-refractivity contribution in [3.8, 4) is 0 Å². The number of piperazine rings is 1. The van der Waals surface area contributed by atoms with Crippen LogP contribution in [0.15, 0.2) is 47.4 Å². The smallest absolute Gasteiger partial charge is 0.386 e. The number of benzene rings is 2. The Morgan fingerprint density at radius 1 is 0.962 bits per heavy atom. The average molecular weight is 755 g/mol. The Labute approximate surface area is 311 Å². The third-order valence-corrected chi connectivity index (χ3v) is 11.7. The lowest BCUT2D eigenvalue weighted by Crippen LogP contribution is -2.53. The number of anilines is 1. The van der Waals surface area contributed by atoms with E-state index < -0.39 is 17.7 Å². The molecule has 0 radical (unpaired) electrons. The Hall–Kier alpha value is -4.14. The average Bonchev–Trinajstić information content (AvgIpc) is 3.50. The van der Waals surface area contributed by atoms with E-state index in [2.05, 4.69) is 32.1 Å². The number of carbonyl (C=O) groups is 2. The summed E-state index contributed by atoms with van der Waals surface area (Å²) in [6, 6.07) is 10.3. The number of hydrogen-bond acceptors (Lipinski definition) is 7. The molecule has 2 aromatic heterocycles. The molecule has 0 aliphatic carbocycles. The normalized spacial score (nSPS) is 19.3. The van der Waals surface area contributed by atoms with E-state index in [4.69, 9.17) is 11.6 Å². The Balaban J connectivity index is 1.07. The predicted octanol–water partition coefficient (Wildman–Crippen LogP) is 5.24. The number of fused-ring (bicyclic) bond motifs is 3. The molecule has 3 aliphatic heterocycles. The lowest BCUT2D eigenvalue weighted by Gasteiger charge is -2.42. The molecule has 15 heteroatoms. The highest BCUT2D eigenvalue weighted by molar-refractivity contribution is 6.33. The van der Waals surface area contributed by atoms with Gasteiger partial charge in [-0.25, -0.2) is 4.79 Å². The van der Waals surface area contributed by atoms with E-state index in [1.807, 2.05) is 24.3 Å². The van der Waals surface area contributed by atoms with E-state index in [1.54, 1.807) is 20.6 Å². The Morgan fingerprint density at radius 3 is 2.30 bits per heavy atom. The molecule has 0 spiro atoms. The van der Waals surface area contributed by atoms with Crippen LogP contribution in [-0.2, 0) is 22.2 Å². The molecule has 284 valence electrons. The largest absolute Gasteiger partial charge is 0.418 e. The number of carbonyl (C=O) groups excluding carboxylic acids is 2. The van der Waals surface area contributed by atoms with Gasteiger partial charge in [0.15, 0.2) is 0 Å². The summed E-state index contributed by atoms with van der Waals surface area (Å²) in [5.41, 5.74) is 1.10. The summed E-state index contributed by atoms with van der Waals surface area (Å²) >= 11 is 6.34. The SMILES string of the molecule is CNc1c(Cl)cc(C[C@@H](CC(=O)N2CCC(n3c(=O)[nH]c4c5ccccc5ncc43)CC2)C(=O)N2CCC(N3CCN(C)CC3)CC2)cc1C(F)(F)F. The predicted molar refractivity (Wildman–Crippen MR) is 199 cm³/mol. The van der Waals surface area contributed by atoms with Crippen LogP contribution < -0.4 is 11.0 Å². The van der Waals surface area contributed by atoms with E-state index in [0.29, 0.717) is 50.6 Å². The number of likely N-dealkylation sites (tertiary alicyclic amines) is 2. The number of pyridine rings is 1. The van der Waals surface area contributed by atoms with Gasteiger partial charge in [0.05, 0.1) is 44.9 Å². The van der Waals surface area contributed by atoms with Crippen molar-refractivity contribution in [2.24, 2.45) is 5.92 Å². The highest BCUT2D eigenvalue weighted by Crippen LogP contribution is 2.40. The number of halogens is 4. The second kappa shape index (κ2) is 15.3. The van der Waals surface area contributed by atoms with Gasteiger partial charge in [0.1, 0.15) is 0 Å². The number of rotatable bonds is 8. The summed E-state index contributed by atoms with van der Waals surface area (Å²) < 4.78 is 44.0. The minimum Gasteiger partial charge on any atom is -0.386 e. The molecule has 0 bridgehead atoms.